The van der Waals surface area contributed by atoms with Gasteiger partial charge in [-0.2, -0.15) is 0 Å². The topological polar surface area (TPSA) is 26.3 Å². The summed E-state index contributed by atoms with van der Waals surface area (Å²) in [5.41, 5.74) is 0.843. The van der Waals surface area contributed by atoms with Crippen molar-refractivity contribution in [2.75, 3.05) is 6.61 Å². The zero-order valence-electron chi connectivity index (χ0n) is 8.67. The van der Waals surface area contributed by atoms with Crippen LogP contribution in [0.4, 0.5) is 0 Å². The molecule has 2 heteroatoms. The van der Waals surface area contributed by atoms with E-state index in [1.807, 2.05) is 13.8 Å². The van der Waals surface area contributed by atoms with Gasteiger partial charge in [-0.1, -0.05) is 45.2 Å². The Morgan fingerprint density at radius 1 is 1.38 bits per heavy atom. The molecule has 0 aromatic rings. The quantitative estimate of drug-likeness (QED) is 0.493. The van der Waals surface area contributed by atoms with Gasteiger partial charge < -0.3 is 4.74 Å². The largest absolute Gasteiger partial charge is 0.461 e. The molecule has 0 rings (SSSR count). The number of carbonyl (C=O) groups is 1. The second-order valence-electron chi connectivity index (χ2n) is 1.96. The van der Waals surface area contributed by atoms with Crippen LogP contribution < -0.4 is 0 Å². The fraction of sp³-hybridized carbons (Fsp3) is 0.364. The standard InChI is InChI=1S/C9H12O2.C2H6/c1-4-6-9(5-2)7-11-8(3)10;1-2/h4-6H,1-2,7H2,3H3;1-2H3/b9-6+;. The lowest BCUT2D eigenvalue weighted by Crippen LogP contribution is -2.01. The lowest BCUT2D eigenvalue weighted by molar-refractivity contribution is -0.139. The summed E-state index contributed by atoms with van der Waals surface area (Å²) in [7, 11) is 0. The van der Waals surface area contributed by atoms with E-state index < -0.39 is 0 Å². The Balaban J connectivity index is 0. The summed E-state index contributed by atoms with van der Waals surface area (Å²) in [5.74, 6) is -0.290. The first-order valence-corrected chi connectivity index (χ1v) is 4.28. The van der Waals surface area contributed by atoms with Gasteiger partial charge in [0.1, 0.15) is 6.61 Å². The number of hydrogen-bond acceptors (Lipinski definition) is 2. The monoisotopic (exact) mass is 182 g/mol. The molecule has 0 aliphatic heterocycles. The summed E-state index contributed by atoms with van der Waals surface area (Å²) in [6, 6.07) is 0. The molecule has 0 saturated heterocycles. The fourth-order valence-corrected chi connectivity index (χ4v) is 0.511. The predicted molar refractivity (Wildman–Crippen MR) is 56.5 cm³/mol. The molecule has 0 saturated carbocycles. The van der Waals surface area contributed by atoms with Crippen molar-refractivity contribution in [1.82, 2.24) is 0 Å². The number of carbonyl (C=O) groups excluding carboxylic acids is 1. The van der Waals surface area contributed by atoms with Gasteiger partial charge in [0.2, 0.25) is 0 Å². The third-order valence-electron chi connectivity index (χ3n) is 1.04. The molecule has 2 nitrogen and oxygen atoms in total. The van der Waals surface area contributed by atoms with Crippen LogP contribution in [0.5, 0.6) is 0 Å². The first-order valence-electron chi connectivity index (χ1n) is 4.28. The molecule has 0 radical (unpaired) electrons. The molecule has 0 aromatic carbocycles. The van der Waals surface area contributed by atoms with Crippen LogP contribution >= 0.6 is 0 Å². The van der Waals surface area contributed by atoms with Crippen LogP contribution in [0.15, 0.2) is 37.0 Å². The number of hydrogen-bond donors (Lipinski definition) is 0. The third kappa shape index (κ3) is 10.7. The molecule has 13 heavy (non-hydrogen) atoms. The second kappa shape index (κ2) is 10.7. The van der Waals surface area contributed by atoms with E-state index in [9.17, 15) is 4.79 Å². The molecule has 0 aliphatic rings. The van der Waals surface area contributed by atoms with Gasteiger partial charge in [0.05, 0.1) is 0 Å². The van der Waals surface area contributed by atoms with Crippen molar-refractivity contribution in [3.8, 4) is 0 Å². The van der Waals surface area contributed by atoms with E-state index in [4.69, 9.17) is 4.74 Å². The summed E-state index contributed by atoms with van der Waals surface area (Å²) >= 11 is 0. The van der Waals surface area contributed by atoms with Gasteiger partial charge in [-0.15, -0.1) is 0 Å². The highest BCUT2D eigenvalue weighted by Crippen LogP contribution is 1.96. The van der Waals surface area contributed by atoms with Crippen molar-refractivity contribution in [1.29, 1.82) is 0 Å². The molecule has 0 atom stereocenters. The molecular formula is C11H18O2. The Labute approximate surface area is 80.6 Å². The zero-order valence-corrected chi connectivity index (χ0v) is 8.67. The van der Waals surface area contributed by atoms with Crippen molar-refractivity contribution >= 4 is 5.97 Å². The maximum Gasteiger partial charge on any atom is 0.302 e. The minimum absolute atomic E-state index is 0.269. The van der Waals surface area contributed by atoms with Gasteiger partial charge in [-0.3, -0.25) is 4.79 Å². The van der Waals surface area contributed by atoms with Gasteiger partial charge in [-0.05, 0) is 5.57 Å². The highest BCUT2D eigenvalue weighted by atomic mass is 16.5. The SMILES string of the molecule is C=C/C=C(\C=C)COC(C)=O.CC. The number of esters is 1. The summed E-state index contributed by atoms with van der Waals surface area (Å²) in [6.07, 6.45) is 5.00. The van der Waals surface area contributed by atoms with Crippen molar-refractivity contribution in [2.24, 2.45) is 0 Å². The van der Waals surface area contributed by atoms with Crippen LogP contribution in [-0.4, -0.2) is 12.6 Å². The third-order valence-corrected chi connectivity index (χ3v) is 1.04. The summed E-state index contributed by atoms with van der Waals surface area (Å²) in [6.45, 7) is 12.7. The molecule has 0 bridgehead atoms. The molecule has 0 spiro atoms. The van der Waals surface area contributed by atoms with Crippen LogP contribution in [0, 0.1) is 0 Å². The highest BCUT2D eigenvalue weighted by Gasteiger charge is 1.93. The normalized spacial score (nSPS) is 9.31. The van der Waals surface area contributed by atoms with E-state index in [0.29, 0.717) is 0 Å². The van der Waals surface area contributed by atoms with Crippen molar-refractivity contribution in [3.63, 3.8) is 0 Å². The average molecular weight is 182 g/mol. The summed E-state index contributed by atoms with van der Waals surface area (Å²) in [4.78, 5) is 10.4. The van der Waals surface area contributed by atoms with E-state index in [1.54, 1.807) is 18.2 Å². The molecule has 0 aliphatic carbocycles. The minimum Gasteiger partial charge on any atom is -0.461 e. The Morgan fingerprint density at radius 3 is 2.23 bits per heavy atom. The summed E-state index contributed by atoms with van der Waals surface area (Å²) < 4.78 is 4.72. The van der Waals surface area contributed by atoms with Gasteiger partial charge in [-0.25, -0.2) is 0 Å². The van der Waals surface area contributed by atoms with Crippen molar-refractivity contribution in [3.05, 3.63) is 37.0 Å². The molecule has 0 unspecified atom stereocenters. The number of ether oxygens (including phenoxy) is 1. The minimum atomic E-state index is -0.290. The smallest absolute Gasteiger partial charge is 0.302 e. The maximum atomic E-state index is 10.4. The van der Waals surface area contributed by atoms with Gasteiger partial charge in [0.25, 0.3) is 0 Å². The zero-order chi connectivity index (χ0) is 10.7. The van der Waals surface area contributed by atoms with E-state index >= 15 is 0 Å². The molecule has 0 N–H and O–H groups in total. The molecule has 0 heterocycles. The van der Waals surface area contributed by atoms with E-state index in [-0.39, 0.29) is 12.6 Å². The van der Waals surface area contributed by atoms with Crippen molar-refractivity contribution in [2.45, 2.75) is 20.8 Å². The highest BCUT2D eigenvalue weighted by molar-refractivity contribution is 5.66. The number of rotatable bonds is 4. The fourth-order valence-electron chi connectivity index (χ4n) is 0.511. The lowest BCUT2D eigenvalue weighted by atomic mass is 10.2. The Kier molecular flexibility index (Phi) is 11.7. The predicted octanol–water partition coefficient (Wildman–Crippen LogP) is 2.87. The molecular weight excluding hydrogens is 164 g/mol. The molecule has 74 valence electrons. The van der Waals surface area contributed by atoms with Gasteiger partial charge >= 0.3 is 5.97 Å². The van der Waals surface area contributed by atoms with Crippen molar-refractivity contribution < 1.29 is 9.53 Å². The second-order valence-corrected chi connectivity index (χ2v) is 1.96. The van der Waals surface area contributed by atoms with E-state index in [1.165, 1.54) is 6.92 Å². The van der Waals surface area contributed by atoms with Crippen LogP contribution in [0.1, 0.15) is 20.8 Å². The van der Waals surface area contributed by atoms with E-state index in [2.05, 4.69) is 13.2 Å². The Hall–Kier alpha value is -1.31. The van der Waals surface area contributed by atoms with E-state index in [0.717, 1.165) is 5.57 Å². The van der Waals surface area contributed by atoms with Gasteiger partial charge in [0, 0.05) is 6.92 Å². The average Bonchev–Trinajstić information content (AvgIpc) is 2.15. The first-order chi connectivity index (χ1) is 6.20. The molecule has 0 fully saturated rings. The Morgan fingerprint density at radius 2 is 1.92 bits per heavy atom. The first kappa shape index (κ1) is 14.2. The Bertz CT molecular complexity index is 190. The maximum absolute atomic E-state index is 10.4. The van der Waals surface area contributed by atoms with Crippen LogP contribution in [-0.2, 0) is 9.53 Å². The summed E-state index contributed by atoms with van der Waals surface area (Å²) in [5, 5.41) is 0. The van der Waals surface area contributed by atoms with Crippen LogP contribution in [0.2, 0.25) is 0 Å². The van der Waals surface area contributed by atoms with Crippen LogP contribution in [0.3, 0.4) is 0 Å². The van der Waals surface area contributed by atoms with Crippen LogP contribution in [0.25, 0.3) is 0 Å². The molecule has 0 amide bonds. The van der Waals surface area contributed by atoms with Gasteiger partial charge in [0.15, 0.2) is 0 Å². The lowest BCUT2D eigenvalue weighted by Gasteiger charge is -2.00. The number of allylic oxidation sites excluding steroid dienone is 2. The molecule has 0 aromatic heterocycles.